The average molecular weight is 904 g/mol. The Bertz CT molecular complexity index is 2650. The van der Waals surface area contributed by atoms with E-state index in [1.807, 2.05) is 0 Å². The standard InChI is InChI=1S/C43H43.C12H10Si.2ClH.Zr/c1-8-13-29-23-37-34(33-17-11-15-27-14-9-10-16-32(27)33)18-12-19-35(37)41(29)40-26-31(43(5,6)7)25-39-36-24-30(42(2,3)4)21-20-28(36)22-38(39)40;1-3-7-11(8-4-1)13-12-9-5-2-6-10-12;;;/h9-12,14-26,41H,8,13H2,1-7H3;1-10H;2*1H;/q-1;;;;+3/p-2. The van der Waals surface area contributed by atoms with Crippen LogP contribution in [0.25, 0.3) is 49.5 Å². The minimum atomic E-state index is 0. The summed E-state index contributed by atoms with van der Waals surface area (Å²) in [6.07, 6.45) is 4.78. The van der Waals surface area contributed by atoms with Crippen molar-refractivity contribution in [2.24, 2.45) is 0 Å². The van der Waals surface area contributed by atoms with Gasteiger partial charge in [-0.1, -0.05) is 239 Å². The summed E-state index contributed by atoms with van der Waals surface area (Å²) in [4.78, 5) is 0. The van der Waals surface area contributed by atoms with Crippen LogP contribution in [0.2, 0.25) is 0 Å². The molecule has 0 N–H and O–H groups in total. The molecular weight excluding hydrogens is 851 g/mol. The van der Waals surface area contributed by atoms with Gasteiger partial charge >= 0.3 is 26.2 Å². The quantitative estimate of drug-likeness (QED) is 0.118. The van der Waals surface area contributed by atoms with Crippen LogP contribution in [-0.4, -0.2) is 9.52 Å². The van der Waals surface area contributed by atoms with E-state index in [9.17, 15) is 0 Å². The van der Waals surface area contributed by atoms with Crippen LogP contribution in [0.1, 0.15) is 95.0 Å². The zero-order valence-electron chi connectivity index (χ0n) is 35.3. The Morgan fingerprint density at radius 1 is 0.542 bits per heavy atom. The SMILES string of the molecule is CCCC1=Cc2c(-c3cccc4ccccc34)cccc2C1c1cc(C(C)(C)C)cc2c1[cH-]c1ccc(C(C)(C)C)cc12.[Cl-].[Cl-].[Zr+3].c1ccc([Si]c2ccccc2)cc1. The van der Waals surface area contributed by atoms with Crippen LogP contribution in [0.3, 0.4) is 0 Å². The van der Waals surface area contributed by atoms with Gasteiger partial charge in [-0.2, -0.15) is 0 Å². The molecule has 3 radical (unpaired) electrons. The van der Waals surface area contributed by atoms with Crippen LogP contribution in [0.15, 0.2) is 163 Å². The second-order valence-corrected chi connectivity index (χ2v) is 19.0. The summed E-state index contributed by atoms with van der Waals surface area (Å²) in [5.41, 5.74) is 11.5. The second kappa shape index (κ2) is 19.2. The van der Waals surface area contributed by atoms with Crippen LogP contribution in [0.4, 0.5) is 0 Å². The molecule has 0 heterocycles. The first-order valence-corrected chi connectivity index (χ1v) is 21.4. The molecule has 0 saturated heterocycles. The van der Waals surface area contributed by atoms with Crippen molar-refractivity contribution >= 4 is 58.3 Å². The molecule has 1 unspecified atom stereocenters. The summed E-state index contributed by atoms with van der Waals surface area (Å²) in [6, 6.07) is 58.3. The number of allylic oxidation sites excluding steroid dienone is 1. The Morgan fingerprint density at radius 3 is 1.76 bits per heavy atom. The molecule has 1 aliphatic carbocycles. The minimum absolute atomic E-state index is 0. The molecular formula is C55H53Cl2SiZr. The van der Waals surface area contributed by atoms with Crippen molar-refractivity contribution in [2.75, 3.05) is 0 Å². The minimum Gasteiger partial charge on any atom is -1.00 e. The Morgan fingerprint density at radius 2 is 1.12 bits per heavy atom. The molecule has 1 aliphatic rings. The van der Waals surface area contributed by atoms with Gasteiger partial charge in [-0.25, -0.2) is 0 Å². The first-order valence-electron chi connectivity index (χ1n) is 20.4. The van der Waals surface area contributed by atoms with Crippen molar-refractivity contribution in [3.8, 4) is 11.1 Å². The van der Waals surface area contributed by atoms with Gasteiger partial charge in [-0.05, 0) is 50.3 Å². The molecule has 0 aromatic heterocycles. The predicted molar refractivity (Wildman–Crippen MR) is 246 cm³/mol. The number of halogens is 2. The van der Waals surface area contributed by atoms with Crippen LogP contribution in [-0.2, 0) is 37.0 Å². The van der Waals surface area contributed by atoms with E-state index in [4.69, 9.17) is 0 Å². The molecule has 9 rings (SSSR count). The Kier molecular flexibility index (Phi) is 15.0. The molecule has 1 atom stereocenters. The van der Waals surface area contributed by atoms with Crippen molar-refractivity contribution in [1.29, 1.82) is 0 Å². The smallest absolute Gasteiger partial charge is 1.00 e. The molecule has 59 heavy (non-hydrogen) atoms. The van der Waals surface area contributed by atoms with Gasteiger partial charge in [-0.3, -0.25) is 0 Å². The summed E-state index contributed by atoms with van der Waals surface area (Å²) in [5, 5.41) is 11.0. The molecule has 8 aromatic carbocycles. The van der Waals surface area contributed by atoms with Crippen LogP contribution < -0.4 is 35.2 Å². The van der Waals surface area contributed by atoms with Crippen molar-refractivity contribution in [2.45, 2.75) is 78.1 Å². The molecule has 0 fully saturated rings. The van der Waals surface area contributed by atoms with Gasteiger partial charge in [0, 0.05) is 5.92 Å². The molecule has 0 aliphatic heterocycles. The van der Waals surface area contributed by atoms with E-state index >= 15 is 0 Å². The maximum absolute atomic E-state index is 2.54. The first kappa shape index (κ1) is 46.2. The van der Waals surface area contributed by atoms with Gasteiger partial charge in [0.25, 0.3) is 0 Å². The van der Waals surface area contributed by atoms with E-state index in [1.165, 1.54) is 87.2 Å². The third-order valence-electron chi connectivity index (χ3n) is 11.5. The largest absolute Gasteiger partial charge is 3.00 e. The molecule has 0 bridgehead atoms. The number of benzene rings is 7. The molecule has 295 valence electrons. The Labute approximate surface area is 386 Å². The predicted octanol–water partition coefficient (Wildman–Crippen LogP) is 7.80. The molecule has 0 nitrogen and oxygen atoms in total. The maximum Gasteiger partial charge on any atom is 3.00 e. The van der Waals surface area contributed by atoms with Crippen molar-refractivity contribution < 1.29 is 51.0 Å². The zero-order chi connectivity index (χ0) is 39.0. The number of hydrogen-bond acceptors (Lipinski definition) is 0. The Balaban J connectivity index is 0.000000354. The fourth-order valence-corrected chi connectivity index (χ4v) is 9.56. The fourth-order valence-electron chi connectivity index (χ4n) is 8.51. The molecule has 0 saturated carbocycles. The summed E-state index contributed by atoms with van der Waals surface area (Å²) < 4.78 is 0. The maximum atomic E-state index is 2.54. The van der Waals surface area contributed by atoms with E-state index in [-0.39, 0.29) is 67.8 Å². The molecule has 0 amide bonds. The van der Waals surface area contributed by atoms with E-state index < -0.39 is 0 Å². The summed E-state index contributed by atoms with van der Waals surface area (Å²) in [7, 11) is 0.777. The molecule has 4 heteroatoms. The van der Waals surface area contributed by atoms with Crippen LogP contribution >= 0.6 is 0 Å². The van der Waals surface area contributed by atoms with Gasteiger partial charge in [0.1, 0.15) is 9.52 Å². The van der Waals surface area contributed by atoms with Crippen molar-refractivity contribution in [3.05, 3.63) is 191 Å². The third kappa shape index (κ3) is 9.69. The van der Waals surface area contributed by atoms with Gasteiger partial charge in [0.2, 0.25) is 0 Å². The topological polar surface area (TPSA) is 0 Å². The number of fused-ring (bicyclic) bond motifs is 5. The summed E-state index contributed by atoms with van der Waals surface area (Å²) in [6.45, 7) is 16.3. The second-order valence-electron chi connectivity index (χ2n) is 17.6. The van der Waals surface area contributed by atoms with E-state index in [2.05, 4.69) is 212 Å². The summed E-state index contributed by atoms with van der Waals surface area (Å²) in [5.74, 6) is 0.258. The third-order valence-corrected chi connectivity index (χ3v) is 12.7. The van der Waals surface area contributed by atoms with Gasteiger partial charge in [-0.15, -0.1) is 33.7 Å². The normalized spacial score (nSPS) is 13.4. The first-order chi connectivity index (χ1) is 27.0. The van der Waals surface area contributed by atoms with Crippen molar-refractivity contribution in [1.82, 2.24) is 0 Å². The van der Waals surface area contributed by atoms with Gasteiger partial charge in [0.15, 0.2) is 0 Å². The van der Waals surface area contributed by atoms with E-state index in [0.29, 0.717) is 0 Å². The summed E-state index contributed by atoms with van der Waals surface area (Å²) >= 11 is 0. The average Bonchev–Trinajstić information content (AvgIpc) is 3.76. The molecule has 8 aromatic rings. The van der Waals surface area contributed by atoms with Gasteiger partial charge < -0.3 is 24.8 Å². The number of hydrogen-bond donors (Lipinski definition) is 0. The Hall–Kier alpha value is -3.91. The van der Waals surface area contributed by atoms with Crippen LogP contribution in [0, 0.1) is 0 Å². The van der Waals surface area contributed by atoms with E-state index in [1.54, 1.807) is 0 Å². The number of rotatable bonds is 6. The monoisotopic (exact) mass is 901 g/mol. The fraction of sp³-hybridized carbons (Fsp3) is 0.218. The van der Waals surface area contributed by atoms with Crippen LogP contribution in [0.5, 0.6) is 0 Å². The zero-order valence-corrected chi connectivity index (χ0v) is 40.3. The van der Waals surface area contributed by atoms with E-state index in [0.717, 1.165) is 22.4 Å². The molecule has 0 spiro atoms. The van der Waals surface area contributed by atoms with Crippen molar-refractivity contribution in [3.63, 3.8) is 0 Å². The van der Waals surface area contributed by atoms with Gasteiger partial charge in [0.05, 0.1) is 0 Å².